The van der Waals surface area contributed by atoms with Gasteiger partial charge in [0.1, 0.15) is 18.3 Å². The van der Waals surface area contributed by atoms with Crippen LogP contribution in [-0.4, -0.2) is 48.8 Å². The maximum atomic E-state index is 13.8. The second-order valence-electron chi connectivity index (χ2n) is 8.32. The Labute approximate surface area is 206 Å². The van der Waals surface area contributed by atoms with E-state index in [4.69, 9.17) is 9.47 Å². The SMILES string of the molecule is COCCCOC1=NCN(c2cc(=O)[nH]c(-c3cc(CNC(=O)C(C)C)ccc3C(F)(F)F)n2)C=C1. The van der Waals surface area contributed by atoms with Crippen LogP contribution in [0.3, 0.4) is 0 Å². The first-order valence-corrected chi connectivity index (χ1v) is 11.3. The molecule has 194 valence electrons. The lowest BCUT2D eigenvalue weighted by molar-refractivity contribution is -0.137. The Kier molecular flexibility index (Phi) is 8.86. The molecule has 0 aliphatic carbocycles. The van der Waals surface area contributed by atoms with Crippen molar-refractivity contribution in [3.8, 4) is 11.4 Å². The highest BCUT2D eigenvalue weighted by Crippen LogP contribution is 2.36. The molecule has 0 unspecified atom stereocenters. The lowest BCUT2D eigenvalue weighted by atomic mass is 10.0. The summed E-state index contributed by atoms with van der Waals surface area (Å²) < 4.78 is 51.8. The van der Waals surface area contributed by atoms with E-state index in [-0.39, 0.29) is 42.2 Å². The van der Waals surface area contributed by atoms with Crippen LogP contribution in [0, 0.1) is 5.92 Å². The lowest BCUT2D eigenvalue weighted by Crippen LogP contribution is -2.27. The molecule has 0 saturated carbocycles. The van der Waals surface area contributed by atoms with Crippen molar-refractivity contribution in [2.24, 2.45) is 10.9 Å². The number of hydrogen-bond donors (Lipinski definition) is 2. The molecule has 1 aromatic heterocycles. The zero-order valence-electron chi connectivity index (χ0n) is 20.2. The van der Waals surface area contributed by atoms with E-state index in [1.54, 1.807) is 33.2 Å². The molecule has 36 heavy (non-hydrogen) atoms. The Balaban J connectivity index is 1.87. The van der Waals surface area contributed by atoms with Crippen LogP contribution in [0.15, 0.2) is 46.3 Å². The molecule has 2 N–H and O–H groups in total. The van der Waals surface area contributed by atoms with E-state index in [2.05, 4.69) is 20.3 Å². The molecule has 0 saturated heterocycles. The fraction of sp³-hybridized carbons (Fsp3) is 0.417. The zero-order chi connectivity index (χ0) is 26.3. The highest BCUT2D eigenvalue weighted by Gasteiger charge is 2.34. The summed E-state index contributed by atoms with van der Waals surface area (Å²) in [6.07, 6.45) is -0.827. The van der Waals surface area contributed by atoms with Crippen molar-refractivity contribution in [1.82, 2.24) is 15.3 Å². The van der Waals surface area contributed by atoms with Crippen molar-refractivity contribution >= 4 is 17.6 Å². The number of nitrogens with zero attached hydrogens (tertiary/aromatic N) is 3. The quantitative estimate of drug-likeness (QED) is 0.503. The van der Waals surface area contributed by atoms with Gasteiger partial charge in [0.2, 0.25) is 11.8 Å². The van der Waals surface area contributed by atoms with Gasteiger partial charge in [-0.2, -0.15) is 13.2 Å². The summed E-state index contributed by atoms with van der Waals surface area (Å²) >= 11 is 0. The largest absolute Gasteiger partial charge is 0.478 e. The third-order valence-electron chi connectivity index (χ3n) is 5.18. The van der Waals surface area contributed by atoms with E-state index in [1.165, 1.54) is 23.1 Å². The van der Waals surface area contributed by atoms with E-state index in [1.807, 2.05) is 0 Å². The monoisotopic (exact) mass is 507 g/mol. The van der Waals surface area contributed by atoms with Crippen LogP contribution in [0.5, 0.6) is 0 Å². The third kappa shape index (κ3) is 7.17. The molecule has 1 aliphatic heterocycles. The van der Waals surface area contributed by atoms with Gasteiger partial charge in [-0.3, -0.25) is 9.59 Å². The van der Waals surface area contributed by atoms with Crippen LogP contribution in [0.25, 0.3) is 11.4 Å². The number of amides is 1. The van der Waals surface area contributed by atoms with E-state index in [9.17, 15) is 22.8 Å². The number of methoxy groups -OCH3 is 1. The Morgan fingerprint density at radius 3 is 2.67 bits per heavy atom. The molecule has 0 fully saturated rings. The molecule has 9 nitrogen and oxygen atoms in total. The van der Waals surface area contributed by atoms with Crippen LogP contribution in [0.2, 0.25) is 0 Å². The molecule has 1 aromatic carbocycles. The van der Waals surface area contributed by atoms with E-state index in [0.717, 1.165) is 6.07 Å². The first kappa shape index (κ1) is 26.9. The fourth-order valence-corrected chi connectivity index (χ4v) is 3.28. The highest BCUT2D eigenvalue weighted by molar-refractivity contribution is 5.89. The second-order valence-corrected chi connectivity index (χ2v) is 8.32. The number of alkyl halides is 3. The minimum absolute atomic E-state index is 0.0306. The number of rotatable bonds is 9. The summed E-state index contributed by atoms with van der Waals surface area (Å²) in [7, 11) is 1.59. The van der Waals surface area contributed by atoms with E-state index >= 15 is 0 Å². The Hall–Kier alpha value is -3.67. The summed E-state index contributed by atoms with van der Waals surface area (Å²) in [5.74, 6) is -0.239. The Bertz CT molecular complexity index is 1190. The number of halogens is 3. The van der Waals surface area contributed by atoms with Gasteiger partial charge >= 0.3 is 6.18 Å². The number of nitrogens with one attached hydrogen (secondary N) is 2. The third-order valence-corrected chi connectivity index (χ3v) is 5.18. The second kappa shape index (κ2) is 11.8. The summed E-state index contributed by atoms with van der Waals surface area (Å²) in [5.41, 5.74) is -1.46. The number of aromatic nitrogens is 2. The van der Waals surface area contributed by atoms with Crippen molar-refractivity contribution in [2.45, 2.75) is 33.0 Å². The van der Waals surface area contributed by atoms with Crippen LogP contribution in [0.1, 0.15) is 31.4 Å². The number of benzene rings is 1. The highest BCUT2D eigenvalue weighted by atomic mass is 19.4. The molecule has 1 amide bonds. The van der Waals surface area contributed by atoms with Gasteiger partial charge in [0.25, 0.3) is 5.56 Å². The molecular formula is C24H28F3N5O4. The van der Waals surface area contributed by atoms with Crippen LogP contribution in [0.4, 0.5) is 19.0 Å². The van der Waals surface area contributed by atoms with Gasteiger partial charge in [-0.25, -0.2) is 9.98 Å². The van der Waals surface area contributed by atoms with Gasteiger partial charge in [-0.1, -0.05) is 19.9 Å². The van der Waals surface area contributed by atoms with Crippen LogP contribution in [-0.2, 0) is 27.0 Å². The average Bonchev–Trinajstić information content (AvgIpc) is 2.84. The first-order chi connectivity index (χ1) is 17.1. The van der Waals surface area contributed by atoms with Crippen molar-refractivity contribution in [1.29, 1.82) is 0 Å². The number of carbonyl (C=O) groups excluding carboxylic acids is 1. The molecule has 12 heteroatoms. The van der Waals surface area contributed by atoms with Crippen molar-refractivity contribution < 1.29 is 27.4 Å². The Morgan fingerprint density at radius 1 is 1.25 bits per heavy atom. The molecule has 1 aliphatic rings. The molecule has 3 rings (SSSR count). The Morgan fingerprint density at radius 2 is 2.03 bits per heavy atom. The minimum Gasteiger partial charge on any atom is -0.478 e. The number of ether oxygens (including phenoxy) is 2. The van der Waals surface area contributed by atoms with Crippen LogP contribution < -0.4 is 15.8 Å². The molecule has 0 spiro atoms. The molecular weight excluding hydrogens is 479 g/mol. The molecule has 0 bridgehead atoms. The summed E-state index contributed by atoms with van der Waals surface area (Å²) in [5, 5.41) is 2.67. The van der Waals surface area contributed by atoms with Gasteiger partial charge in [0.05, 0.1) is 12.2 Å². The fourth-order valence-electron chi connectivity index (χ4n) is 3.28. The van der Waals surface area contributed by atoms with Crippen LogP contribution >= 0.6 is 0 Å². The van der Waals surface area contributed by atoms with Gasteiger partial charge in [-0.05, 0) is 17.7 Å². The van der Waals surface area contributed by atoms with Crippen molar-refractivity contribution in [3.05, 3.63) is 58.0 Å². The number of H-pyrrole nitrogens is 1. The van der Waals surface area contributed by atoms with E-state index in [0.29, 0.717) is 31.1 Å². The maximum absolute atomic E-state index is 13.8. The predicted octanol–water partition coefficient (Wildman–Crippen LogP) is 3.47. The molecule has 2 aromatic rings. The topological polar surface area (TPSA) is 109 Å². The van der Waals surface area contributed by atoms with Gasteiger partial charge in [0, 0.05) is 56.5 Å². The molecule has 2 heterocycles. The zero-order valence-corrected chi connectivity index (χ0v) is 20.2. The minimum atomic E-state index is -4.69. The summed E-state index contributed by atoms with van der Waals surface area (Å²) in [6.45, 7) is 4.49. The predicted molar refractivity (Wildman–Crippen MR) is 128 cm³/mol. The van der Waals surface area contributed by atoms with Gasteiger partial charge in [0.15, 0.2) is 0 Å². The molecule has 0 atom stereocenters. The van der Waals surface area contributed by atoms with Crippen molar-refractivity contribution in [3.63, 3.8) is 0 Å². The van der Waals surface area contributed by atoms with Crippen molar-refractivity contribution in [2.75, 3.05) is 31.9 Å². The standard InChI is InChI=1S/C24H28F3N5O4/c1-15(2)23(34)28-13-16-5-6-18(24(25,26)27)17(11-16)22-30-19(12-20(33)31-22)32-8-7-21(29-14-32)36-10-4-9-35-3/h5-8,11-12,15H,4,9-10,13-14H2,1-3H3,(H,28,34)(H,30,31,33). The lowest BCUT2D eigenvalue weighted by Gasteiger charge is -2.22. The number of hydrogen-bond acceptors (Lipinski definition) is 7. The number of anilines is 1. The maximum Gasteiger partial charge on any atom is 0.417 e. The molecule has 0 radical (unpaired) electrons. The first-order valence-electron chi connectivity index (χ1n) is 11.3. The van der Waals surface area contributed by atoms with E-state index < -0.39 is 17.3 Å². The number of aliphatic imine (C=N–C) groups is 1. The van der Waals surface area contributed by atoms with Gasteiger partial charge in [-0.15, -0.1) is 0 Å². The smallest absolute Gasteiger partial charge is 0.417 e. The normalized spacial score (nSPS) is 13.6. The summed E-state index contributed by atoms with van der Waals surface area (Å²) in [4.78, 5) is 36.7. The number of carbonyl (C=O) groups is 1. The number of aromatic amines is 1. The average molecular weight is 508 g/mol. The summed E-state index contributed by atoms with van der Waals surface area (Å²) in [6, 6.07) is 4.64. The van der Waals surface area contributed by atoms with Gasteiger partial charge < -0.3 is 24.7 Å².